The predicted molar refractivity (Wildman–Crippen MR) is 47.9 cm³/mol. The van der Waals surface area contributed by atoms with Gasteiger partial charge in [0.2, 0.25) is 0 Å². The highest BCUT2D eigenvalue weighted by Crippen LogP contribution is 2.08. The predicted octanol–water partition coefficient (Wildman–Crippen LogP) is 0.671. The molecular formula is C9H20O3. The topological polar surface area (TPSA) is 60.7 Å². The molecule has 0 fully saturated rings. The highest BCUT2D eigenvalue weighted by Gasteiger charge is 2.10. The monoisotopic (exact) mass is 176 g/mol. The molecule has 3 heteroatoms. The normalized spacial score (nSPS) is 16.0. The molecule has 74 valence electrons. The van der Waals surface area contributed by atoms with Gasteiger partial charge in [0.05, 0.1) is 12.2 Å². The van der Waals surface area contributed by atoms with E-state index in [0.29, 0.717) is 12.8 Å². The van der Waals surface area contributed by atoms with Crippen LogP contribution in [0, 0.1) is 0 Å². The Bertz CT molecular complexity index is 95.8. The Balaban J connectivity index is 3.33. The van der Waals surface area contributed by atoms with Crippen LogP contribution in [0.1, 0.15) is 39.0 Å². The first-order chi connectivity index (χ1) is 5.70. The average molecular weight is 176 g/mol. The van der Waals surface area contributed by atoms with Crippen molar-refractivity contribution in [2.75, 3.05) is 6.61 Å². The van der Waals surface area contributed by atoms with E-state index in [1.54, 1.807) is 0 Å². The molecule has 0 aliphatic carbocycles. The Labute approximate surface area is 74.0 Å². The molecule has 0 aliphatic rings. The van der Waals surface area contributed by atoms with Crippen molar-refractivity contribution in [2.45, 2.75) is 51.2 Å². The van der Waals surface area contributed by atoms with Crippen LogP contribution >= 0.6 is 0 Å². The molecule has 2 unspecified atom stereocenters. The Kier molecular flexibility index (Phi) is 7.45. The Morgan fingerprint density at radius 2 is 1.67 bits per heavy atom. The van der Waals surface area contributed by atoms with Crippen LogP contribution < -0.4 is 0 Å². The van der Waals surface area contributed by atoms with Gasteiger partial charge in [0, 0.05) is 6.61 Å². The second kappa shape index (κ2) is 7.53. The summed E-state index contributed by atoms with van der Waals surface area (Å²) in [7, 11) is 0. The summed E-state index contributed by atoms with van der Waals surface area (Å²) in [5.74, 6) is 0. The van der Waals surface area contributed by atoms with Crippen LogP contribution in [0.2, 0.25) is 0 Å². The third kappa shape index (κ3) is 6.58. The van der Waals surface area contributed by atoms with Crippen LogP contribution in [0.5, 0.6) is 0 Å². The maximum Gasteiger partial charge on any atom is 0.0586 e. The zero-order valence-electron chi connectivity index (χ0n) is 7.74. The number of unbranched alkanes of at least 4 members (excludes halogenated alkanes) is 1. The van der Waals surface area contributed by atoms with Gasteiger partial charge in [0.15, 0.2) is 0 Å². The fourth-order valence-electron chi connectivity index (χ4n) is 1.14. The summed E-state index contributed by atoms with van der Waals surface area (Å²) in [6.45, 7) is 2.05. The third-order valence-corrected chi connectivity index (χ3v) is 1.90. The molecule has 0 aromatic rings. The smallest absolute Gasteiger partial charge is 0.0586 e. The maximum atomic E-state index is 9.34. The lowest BCUT2D eigenvalue weighted by Gasteiger charge is -2.13. The quantitative estimate of drug-likeness (QED) is 0.534. The molecule has 0 amide bonds. The van der Waals surface area contributed by atoms with Gasteiger partial charge < -0.3 is 15.3 Å². The van der Waals surface area contributed by atoms with E-state index in [4.69, 9.17) is 5.11 Å². The summed E-state index contributed by atoms with van der Waals surface area (Å²) in [6.07, 6.45) is 2.59. The van der Waals surface area contributed by atoms with Crippen LogP contribution in [-0.4, -0.2) is 34.1 Å². The molecule has 0 bridgehead atoms. The van der Waals surface area contributed by atoms with Crippen LogP contribution in [0.4, 0.5) is 0 Å². The molecule has 0 radical (unpaired) electrons. The average Bonchev–Trinajstić information content (AvgIpc) is 2.01. The van der Waals surface area contributed by atoms with Crippen molar-refractivity contribution < 1.29 is 15.3 Å². The van der Waals surface area contributed by atoms with E-state index < -0.39 is 12.2 Å². The number of hydrogen-bond donors (Lipinski definition) is 3. The van der Waals surface area contributed by atoms with Crippen LogP contribution in [-0.2, 0) is 0 Å². The molecule has 0 heterocycles. The second-order valence-electron chi connectivity index (χ2n) is 3.20. The number of hydrogen-bond acceptors (Lipinski definition) is 3. The minimum atomic E-state index is -0.554. The van der Waals surface area contributed by atoms with Gasteiger partial charge in [-0.05, 0) is 19.3 Å². The molecular weight excluding hydrogens is 156 g/mol. The first kappa shape index (κ1) is 11.9. The summed E-state index contributed by atoms with van der Waals surface area (Å²) in [5, 5.41) is 27.0. The van der Waals surface area contributed by atoms with Gasteiger partial charge >= 0.3 is 0 Å². The van der Waals surface area contributed by atoms with Crippen LogP contribution in [0.3, 0.4) is 0 Å². The fourth-order valence-corrected chi connectivity index (χ4v) is 1.14. The molecule has 0 saturated carbocycles. The number of rotatable bonds is 7. The summed E-state index contributed by atoms with van der Waals surface area (Å²) < 4.78 is 0. The number of aliphatic hydroxyl groups excluding tert-OH is 3. The highest BCUT2D eigenvalue weighted by atomic mass is 16.3. The minimum absolute atomic E-state index is 0.0122. The number of aliphatic hydroxyl groups is 3. The molecule has 12 heavy (non-hydrogen) atoms. The van der Waals surface area contributed by atoms with Gasteiger partial charge in [-0.25, -0.2) is 0 Å². The van der Waals surface area contributed by atoms with Crippen molar-refractivity contribution in [1.82, 2.24) is 0 Å². The third-order valence-electron chi connectivity index (χ3n) is 1.90. The molecule has 3 nitrogen and oxygen atoms in total. The van der Waals surface area contributed by atoms with Crippen molar-refractivity contribution in [2.24, 2.45) is 0 Å². The van der Waals surface area contributed by atoms with E-state index in [9.17, 15) is 10.2 Å². The van der Waals surface area contributed by atoms with Crippen molar-refractivity contribution >= 4 is 0 Å². The summed E-state index contributed by atoms with van der Waals surface area (Å²) >= 11 is 0. The van der Waals surface area contributed by atoms with E-state index in [-0.39, 0.29) is 6.61 Å². The molecule has 0 saturated heterocycles. The molecule has 3 N–H and O–H groups in total. The van der Waals surface area contributed by atoms with E-state index in [1.165, 1.54) is 0 Å². The second-order valence-corrected chi connectivity index (χ2v) is 3.20. The SMILES string of the molecule is CCCCC(O)CC(O)CCO. The largest absolute Gasteiger partial charge is 0.396 e. The summed E-state index contributed by atoms with van der Waals surface area (Å²) in [5.41, 5.74) is 0. The standard InChI is InChI=1S/C9H20O3/c1-2-3-4-8(11)7-9(12)5-6-10/h8-12H,2-7H2,1H3. The van der Waals surface area contributed by atoms with E-state index in [1.807, 2.05) is 0 Å². The van der Waals surface area contributed by atoms with E-state index >= 15 is 0 Å². The fraction of sp³-hybridized carbons (Fsp3) is 1.00. The molecule has 2 atom stereocenters. The molecule has 0 aliphatic heterocycles. The van der Waals surface area contributed by atoms with Crippen molar-refractivity contribution in [1.29, 1.82) is 0 Å². The van der Waals surface area contributed by atoms with Gasteiger partial charge in [0.1, 0.15) is 0 Å². The van der Waals surface area contributed by atoms with Gasteiger partial charge in [-0.15, -0.1) is 0 Å². The molecule has 0 aromatic heterocycles. The lowest BCUT2D eigenvalue weighted by molar-refractivity contribution is 0.0594. The first-order valence-electron chi connectivity index (χ1n) is 4.67. The van der Waals surface area contributed by atoms with E-state index in [0.717, 1.165) is 19.3 Å². The highest BCUT2D eigenvalue weighted by molar-refractivity contribution is 4.62. The van der Waals surface area contributed by atoms with Gasteiger partial charge in [0.25, 0.3) is 0 Å². The zero-order valence-corrected chi connectivity index (χ0v) is 7.74. The maximum absolute atomic E-state index is 9.34. The van der Waals surface area contributed by atoms with Crippen molar-refractivity contribution in [3.8, 4) is 0 Å². The van der Waals surface area contributed by atoms with Gasteiger partial charge in [-0.1, -0.05) is 19.8 Å². The zero-order chi connectivity index (χ0) is 9.40. The van der Waals surface area contributed by atoms with Gasteiger partial charge in [-0.2, -0.15) is 0 Å². The van der Waals surface area contributed by atoms with Crippen LogP contribution in [0.15, 0.2) is 0 Å². The van der Waals surface area contributed by atoms with Gasteiger partial charge in [-0.3, -0.25) is 0 Å². The Morgan fingerprint density at radius 3 is 2.17 bits per heavy atom. The lowest BCUT2D eigenvalue weighted by atomic mass is 10.0. The Morgan fingerprint density at radius 1 is 1.08 bits per heavy atom. The summed E-state index contributed by atoms with van der Waals surface area (Å²) in [6, 6.07) is 0. The van der Waals surface area contributed by atoms with Crippen LogP contribution in [0.25, 0.3) is 0 Å². The Hall–Kier alpha value is -0.120. The summed E-state index contributed by atoms with van der Waals surface area (Å²) in [4.78, 5) is 0. The molecule has 0 aromatic carbocycles. The van der Waals surface area contributed by atoms with E-state index in [2.05, 4.69) is 6.92 Å². The minimum Gasteiger partial charge on any atom is -0.396 e. The molecule has 0 rings (SSSR count). The lowest BCUT2D eigenvalue weighted by Crippen LogP contribution is -2.18. The first-order valence-corrected chi connectivity index (χ1v) is 4.67. The molecule has 0 spiro atoms. The van der Waals surface area contributed by atoms with Crippen molar-refractivity contribution in [3.05, 3.63) is 0 Å². The van der Waals surface area contributed by atoms with Crippen molar-refractivity contribution in [3.63, 3.8) is 0 Å².